The van der Waals surface area contributed by atoms with E-state index in [4.69, 9.17) is 12.2 Å². The zero-order chi connectivity index (χ0) is 8.27. The molecule has 0 fully saturated rings. The van der Waals surface area contributed by atoms with E-state index in [1.807, 2.05) is 0 Å². The molecule has 1 aromatic rings. The molecule has 0 aliphatic carbocycles. The number of aromatic nitrogens is 1. The minimum Gasteiger partial charge on any atom is -0.339 e. The van der Waals surface area contributed by atoms with Gasteiger partial charge in [0.1, 0.15) is 0 Å². The van der Waals surface area contributed by atoms with Crippen molar-refractivity contribution in [3.05, 3.63) is 22.2 Å². The first kappa shape index (κ1) is 7.63. The van der Waals surface area contributed by atoms with Crippen LogP contribution in [0.3, 0.4) is 0 Å². The highest BCUT2D eigenvalue weighted by molar-refractivity contribution is 5.05. The fourth-order valence-corrected chi connectivity index (χ4v) is 0.715. The SMILES string of the molecule is C#CC[C@H](N)c1cc(=O)o[nH]1. The summed E-state index contributed by atoms with van der Waals surface area (Å²) in [5.41, 5.74) is 5.64. The van der Waals surface area contributed by atoms with E-state index in [1.165, 1.54) is 6.07 Å². The Kier molecular flexibility index (Phi) is 2.14. The summed E-state index contributed by atoms with van der Waals surface area (Å²) in [4.78, 5) is 10.5. The number of terminal acetylenes is 1. The summed E-state index contributed by atoms with van der Waals surface area (Å²) in [6.45, 7) is 0. The summed E-state index contributed by atoms with van der Waals surface area (Å²) in [6, 6.07) is 0.952. The van der Waals surface area contributed by atoms with Gasteiger partial charge in [0, 0.05) is 12.5 Å². The molecule has 0 radical (unpaired) electrons. The van der Waals surface area contributed by atoms with Crippen LogP contribution in [0.25, 0.3) is 0 Å². The Morgan fingerprint density at radius 3 is 3.09 bits per heavy atom. The molecule has 3 N–H and O–H groups in total. The Balaban J connectivity index is 2.78. The Morgan fingerprint density at radius 2 is 2.64 bits per heavy atom. The predicted octanol–water partition coefficient (Wildman–Crippen LogP) is -0.00900. The quantitative estimate of drug-likeness (QED) is 0.585. The Bertz CT molecular complexity index is 318. The third-order valence-electron chi connectivity index (χ3n) is 1.28. The maximum Gasteiger partial charge on any atom is 0.357 e. The molecule has 0 unspecified atom stereocenters. The highest BCUT2D eigenvalue weighted by Crippen LogP contribution is 2.06. The summed E-state index contributed by atoms with van der Waals surface area (Å²) >= 11 is 0. The molecule has 1 atom stereocenters. The fourth-order valence-electron chi connectivity index (χ4n) is 0.715. The van der Waals surface area contributed by atoms with Gasteiger partial charge in [-0.15, -0.1) is 12.3 Å². The van der Waals surface area contributed by atoms with Crippen LogP contribution in [0, 0.1) is 12.3 Å². The van der Waals surface area contributed by atoms with Crippen LogP contribution in [0.2, 0.25) is 0 Å². The Morgan fingerprint density at radius 1 is 1.91 bits per heavy atom. The van der Waals surface area contributed by atoms with Crippen molar-refractivity contribution in [1.82, 2.24) is 5.16 Å². The zero-order valence-electron chi connectivity index (χ0n) is 5.83. The molecule has 4 heteroatoms. The maximum absolute atomic E-state index is 10.5. The summed E-state index contributed by atoms with van der Waals surface area (Å²) in [6.07, 6.45) is 5.41. The van der Waals surface area contributed by atoms with E-state index < -0.39 is 5.63 Å². The largest absolute Gasteiger partial charge is 0.357 e. The van der Waals surface area contributed by atoms with Crippen molar-refractivity contribution in [2.24, 2.45) is 5.73 Å². The first-order valence-electron chi connectivity index (χ1n) is 3.11. The molecule has 0 bridgehead atoms. The van der Waals surface area contributed by atoms with E-state index in [0.717, 1.165) is 0 Å². The highest BCUT2D eigenvalue weighted by atomic mass is 16.5. The standard InChI is InChI=1S/C7H8N2O2/c1-2-3-5(8)6-4-7(10)11-9-6/h1,4-5,9H,3,8H2/t5-/m0/s1. The van der Waals surface area contributed by atoms with Crippen molar-refractivity contribution >= 4 is 0 Å². The topological polar surface area (TPSA) is 72.0 Å². The second kappa shape index (κ2) is 3.08. The molecule has 58 valence electrons. The van der Waals surface area contributed by atoms with Crippen molar-refractivity contribution in [3.8, 4) is 12.3 Å². The van der Waals surface area contributed by atoms with Gasteiger partial charge < -0.3 is 10.3 Å². The van der Waals surface area contributed by atoms with Gasteiger partial charge in [0.05, 0.1) is 11.7 Å². The van der Waals surface area contributed by atoms with Gasteiger partial charge in [-0.2, -0.15) is 0 Å². The van der Waals surface area contributed by atoms with Crippen LogP contribution in [0.15, 0.2) is 15.4 Å². The lowest BCUT2D eigenvalue weighted by Gasteiger charge is -2.01. The normalized spacial score (nSPS) is 12.4. The number of aromatic amines is 1. The molecule has 0 aliphatic heterocycles. The van der Waals surface area contributed by atoms with E-state index in [-0.39, 0.29) is 6.04 Å². The maximum atomic E-state index is 10.5. The van der Waals surface area contributed by atoms with Gasteiger partial charge in [0.25, 0.3) is 0 Å². The van der Waals surface area contributed by atoms with Gasteiger partial charge in [-0.3, -0.25) is 0 Å². The molecule has 1 heterocycles. The number of nitrogens with two attached hydrogens (primary N) is 1. The third-order valence-corrected chi connectivity index (χ3v) is 1.28. The Hall–Kier alpha value is -1.47. The van der Waals surface area contributed by atoms with Gasteiger partial charge in [0.15, 0.2) is 0 Å². The predicted molar refractivity (Wildman–Crippen MR) is 39.7 cm³/mol. The molecule has 0 spiro atoms. The number of hydrogen-bond donors (Lipinski definition) is 2. The molecular weight excluding hydrogens is 144 g/mol. The average Bonchev–Trinajstić information content (AvgIpc) is 2.36. The van der Waals surface area contributed by atoms with Gasteiger partial charge >= 0.3 is 5.63 Å². The van der Waals surface area contributed by atoms with E-state index in [1.54, 1.807) is 0 Å². The minimum absolute atomic E-state index is 0.341. The number of H-pyrrole nitrogens is 1. The summed E-state index contributed by atoms with van der Waals surface area (Å²) in [5.74, 6) is 2.39. The second-order valence-electron chi connectivity index (χ2n) is 2.14. The molecule has 0 aromatic carbocycles. The van der Waals surface area contributed by atoms with Crippen LogP contribution in [0.4, 0.5) is 0 Å². The van der Waals surface area contributed by atoms with Crippen molar-refractivity contribution < 1.29 is 4.52 Å². The van der Waals surface area contributed by atoms with Crippen LogP contribution in [0.5, 0.6) is 0 Å². The van der Waals surface area contributed by atoms with E-state index >= 15 is 0 Å². The number of hydrogen-bond acceptors (Lipinski definition) is 3. The first-order chi connectivity index (χ1) is 5.24. The smallest absolute Gasteiger partial charge is 0.339 e. The molecule has 0 saturated heterocycles. The minimum atomic E-state index is -0.438. The highest BCUT2D eigenvalue weighted by Gasteiger charge is 2.06. The van der Waals surface area contributed by atoms with E-state index in [0.29, 0.717) is 12.1 Å². The lowest BCUT2D eigenvalue weighted by Crippen LogP contribution is -2.09. The first-order valence-corrected chi connectivity index (χ1v) is 3.11. The lowest BCUT2D eigenvalue weighted by molar-refractivity contribution is 0.380. The van der Waals surface area contributed by atoms with Crippen LogP contribution < -0.4 is 11.4 Å². The number of rotatable bonds is 2. The second-order valence-corrected chi connectivity index (χ2v) is 2.14. The van der Waals surface area contributed by atoms with Gasteiger partial charge in [-0.25, -0.2) is 9.95 Å². The van der Waals surface area contributed by atoms with Crippen LogP contribution in [0.1, 0.15) is 18.2 Å². The molecule has 1 aromatic heterocycles. The van der Waals surface area contributed by atoms with Gasteiger partial charge in [-0.05, 0) is 0 Å². The van der Waals surface area contributed by atoms with Crippen LogP contribution >= 0.6 is 0 Å². The van der Waals surface area contributed by atoms with E-state index in [9.17, 15) is 4.79 Å². The van der Waals surface area contributed by atoms with Crippen LogP contribution in [-0.2, 0) is 0 Å². The lowest BCUT2D eigenvalue weighted by atomic mass is 10.2. The number of nitrogens with one attached hydrogen (secondary N) is 1. The van der Waals surface area contributed by atoms with Crippen LogP contribution in [-0.4, -0.2) is 5.16 Å². The fraction of sp³-hybridized carbons (Fsp3) is 0.286. The molecule has 4 nitrogen and oxygen atoms in total. The van der Waals surface area contributed by atoms with Gasteiger partial charge in [0.2, 0.25) is 0 Å². The molecule has 1 rings (SSSR count). The van der Waals surface area contributed by atoms with Gasteiger partial charge in [-0.1, -0.05) is 0 Å². The molecule has 0 saturated carbocycles. The monoisotopic (exact) mass is 152 g/mol. The summed E-state index contributed by atoms with van der Waals surface area (Å²) in [7, 11) is 0. The van der Waals surface area contributed by atoms with Crippen molar-refractivity contribution in [3.63, 3.8) is 0 Å². The molecule has 0 aliphatic rings. The van der Waals surface area contributed by atoms with Crippen molar-refractivity contribution in [1.29, 1.82) is 0 Å². The molecular formula is C7H8N2O2. The summed E-state index contributed by atoms with van der Waals surface area (Å²) < 4.78 is 4.40. The molecule has 11 heavy (non-hydrogen) atoms. The van der Waals surface area contributed by atoms with E-state index in [2.05, 4.69) is 15.6 Å². The summed E-state index contributed by atoms with van der Waals surface area (Å²) in [5, 5.41) is 2.38. The Labute approximate surface area is 63.4 Å². The molecule has 0 amide bonds. The van der Waals surface area contributed by atoms with Crippen molar-refractivity contribution in [2.75, 3.05) is 0 Å². The third kappa shape index (κ3) is 1.72. The van der Waals surface area contributed by atoms with Crippen molar-refractivity contribution in [2.45, 2.75) is 12.5 Å². The average molecular weight is 152 g/mol. The zero-order valence-corrected chi connectivity index (χ0v) is 5.83.